The number of hydrogen-bond acceptors (Lipinski definition) is 15. The third-order valence-electron chi connectivity index (χ3n) is 15.2. The van der Waals surface area contributed by atoms with Crippen molar-refractivity contribution in [3.63, 3.8) is 0 Å². The van der Waals surface area contributed by atoms with Gasteiger partial charge in [0, 0.05) is 56.5 Å². The lowest BCUT2D eigenvalue weighted by atomic mass is 9.77. The second-order valence-electron chi connectivity index (χ2n) is 21.9. The highest BCUT2D eigenvalue weighted by Crippen LogP contribution is 2.44. The quantitative estimate of drug-likeness (QED) is 0.0492. The minimum Gasteiger partial charge on any atom is -0.490 e. The van der Waals surface area contributed by atoms with Gasteiger partial charge in [0.2, 0.25) is 8.62 Å². The Bertz CT molecular complexity index is 1960. The summed E-state index contributed by atoms with van der Waals surface area (Å²) in [5, 5.41) is 22.8. The molecule has 3 rings (SSSR count). The van der Waals surface area contributed by atoms with E-state index in [1.165, 1.54) is 27.2 Å². The van der Waals surface area contributed by atoms with Crippen molar-refractivity contribution in [2.45, 2.75) is 214 Å². The highest BCUT2D eigenvalue weighted by atomic mass is 28.4. The molecule has 16 nitrogen and oxygen atoms in total. The molecule has 18 atom stereocenters. The minimum absolute atomic E-state index is 0.00412. The predicted molar refractivity (Wildman–Crippen MR) is 274 cm³/mol. The van der Waals surface area contributed by atoms with Crippen molar-refractivity contribution in [3.8, 4) is 0 Å². The fourth-order valence-electron chi connectivity index (χ4n) is 9.93. The highest BCUT2D eigenvalue weighted by molar-refractivity contribution is 6.74. The lowest BCUT2D eigenvalue weighted by molar-refractivity contribution is -0.338. The number of allylic oxidation sites excluding steroid dienone is 6. The second-order valence-corrected chi connectivity index (χ2v) is 26.6. The number of methoxy groups -OCH3 is 2. The zero-order valence-corrected chi connectivity index (χ0v) is 46.9. The van der Waals surface area contributed by atoms with Crippen LogP contribution >= 0.6 is 0 Å². The third-order valence-corrected chi connectivity index (χ3v) is 19.7. The summed E-state index contributed by atoms with van der Waals surface area (Å²) in [5.74, 6) is -6.14. The first-order valence-corrected chi connectivity index (χ1v) is 28.3. The normalized spacial score (nSPS) is 38.7. The Morgan fingerprint density at radius 2 is 1.76 bits per heavy atom. The minimum atomic E-state index is -2.42. The molecule has 0 bridgehead atoms. The van der Waals surface area contributed by atoms with Crippen molar-refractivity contribution in [3.05, 3.63) is 59.4 Å². The molecule has 2 fully saturated rings. The Morgan fingerprint density at radius 3 is 2.31 bits per heavy atom. The Kier molecular flexibility index (Phi) is 22.0. The fraction of sp³-hybridized carbons (Fsp3) is 0.759. The van der Waals surface area contributed by atoms with Crippen molar-refractivity contribution >= 4 is 26.3 Å². The van der Waals surface area contributed by atoms with Gasteiger partial charge in [-0.25, -0.2) is 9.59 Å². The van der Waals surface area contributed by atoms with Crippen molar-refractivity contribution < 1.29 is 72.0 Å². The van der Waals surface area contributed by atoms with Gasteiger partial charge in [0.1, 0.15) is 18.3 Å². The molecular formula is C54H91NO15Si. The number of amides is 1. The van der Waals surface area contributed by atoms with Crippen LogP contribution in [0.4, 0.5) is 4.79 Å². The maximum absolute atomic E-state index is 14.3. The summed E-state index contributed by atoms with van der Waals surface area (Å²) in [4.78, 5) is 38.8. The molecule has 0 spiro atoms. The number of primary amides is 1. The maximum Gasteiger partial charge on any atom is 0.404 e. The molecule has 3 aliphatic rings. The molecule has 0 aliphatic carbocycles. The standard InChI is InChI=1S/C54H91NO15Si/c1-19-22-40-34(7)44(66-45-28-42(70-71(17,18)53(12,13)14)50(37(10)64-45)68-52(55)60)29-54(61,69-40)36(9)47(58)35(8)49-41(62-15)24-21-23-30(3)25-33(6)48(65-38(11)56)39(20-2)46(57)32(5)26-31(4)27-43(63-16)51(59)67-49/h19,21-24,26-27,32-37,39-42,44-50,57-58,61H,20,25,28-29H2,1-18H3,(H2,55,60)/b22-19+,24-21+,30-23+,31-26+,43-27-/t32-,33-,34-,35+,36+,37-,39-,40-,41+,42-,44-,45+,46-,47-,48+,49-,50-,54-/m1/s1/i58D,61D. The lowest BCUT2D eigenvalue weighted by Gasteiger charge is -2.50. The number of aliphatic hydroxyl groups excluding tert-OH is 2. The SMILES string of the molecule is [2H]O[C@H]([C@H](C)[C@H]1OC(=O)/C(OC)=C/C(C)=C/[C@@H](C)[C@@H](O)[C@@H](CC)[C@@H](OC(C)=O)[C@H](C)C/C(C)=C/C=C/[C@@H]1OC)[C@H](C)[C@@]1(O[2H])C[C@@H](O[C@H]2C[C@@H](O[Si](C)(C)C(C)(C)C)[C@H](OC(N)=O)[C@@H](C)O2)[C@H](C)[C@@H](/C=C/C)O1. The van der Waals surface area contributed by atoms with E-state index < -0.39 is 117 Å². The third kappa shape index (κ3) is 16.6. The van der Waals surface area contributed by atoms with Crippen molar-refractivity contribution in [2.24, 2.45) is 41.2 Å². The molecule has 3 heterocycles. The average Bonchev–Trinajstić information content (AvgIpc) is 3.30. The molecule has 2 saturated heterocycles. The largest absolute Gasteiger partial charge is 0.490 e. The van der Waals surface area contributed by atoms with Crippen LogP contribution in [-0.2, 0) is 51.9 Å². The molecule has 0 aromatic carbocycles. The molecule has 0 saturated carbocycles. The molecule has 0 radical (unpaired) electrons. The molecule has 5 N–H and O–H groups in total. The Balaban J connectivity index is 2.13. The van der Waals surface area contributed by atoms with E-state index in [0.717, 1.165) is 5.57 Å². The molecule has 0 aromatic rings. The van der Waals surface area contributed by atoms with E-state index in [1.54, 1.807) is 39.8 Å². The fourth-order valence-corrected chi connectivity index (χ4v) is 11.3. The van der Waals surface area contributed by atoms with E-state index in [-0.39, 0.29) is 41.4 Å². The molecule has 0 aromatic heterocycles. The summed E-state index contributed by atoms with van der Waals surface area (Å²) in [6, 6.07) is 0. The van der Waals surface area contributed by atoms with Gasteiger partial charge in [-0.05, 0) is 70.7 Å². The Labute approximate surface area is 428 Å². The topological polar surface area (TPSA) is 221 Å². The summed E-state index contributed by atoms with van der Waals surface area (Å²) in [7, 11) is 0.417. The van der Waals surface area contributed by atoms with E-state index in [0.29, 0.717) is 18.4 Å². The van der Waals surface area contributed by atoms with Crippen LogP contribution in [0.1, 0.15) is 123 Å². The van der Waals surface area contributed by atoms with Gasteiger partial charge in [-0.1, -0.05) is 110 Å². The summed E-state index contributed by atoms with van der Waals surface area (Å²) in [6.45, 7) is 30.6. The van der Waals surface area contributed by atoms with E-state index in [2.05, 4.69) is 33.9 Å². The number of carbonyl (C=O) groups excluding carboxylic acids is 3. The van der Waals surface area contributed by atoms with Crippen LogP contribution in [-0.4, -0.2) is 132 Å². The van der Waals surface area contributed by atoms with Crippen LogP contribution in [0.2, 0.25) is 18.1 Å². The van der Waals surface area contributed by atoms with Gasteiger partial charge in [0.15, 0.2) is 26.5 Å². The van der Waals surface area contributed by atoms with Crippen LogP contribution in [0, 0.1) is 35.5 Å². The van der Waals surface area contributed by atoms with E-state index >= 15 is 0 Å². The molecule has 71 heavy (non-hydrogen) atoms. The number of nitrogens with two attached hydrogens (primary N) is 1. The van der Waals surface area contributed by atoms with Gasteiger partial charge in [0.05, 0.1) is 43.7 Å². The van der Waals surface area contributed by atoms with Crippen LogP contribution in [0.5, 0.6) is 0 Å². The molecular weight excluding hydrogens is 931 g/mol. The van der Waals surface area contributed by atoms with Gasteiger partial charge in [0.25, 0.3) is 0 Å². The number of hydrogen-bond donors (Lipinski definition) is 4. The number of cyclic esters (lactones) is 1. The first-order valence-electron chi connectivity index (χ1n) is 26.3. The van der Waals surface area contributed by atoms with Crippen molar-refractivity contribution in [1.82, 2.24) is 0 Å². The smallest absolute Gasteiger partial charge is 0.404 e. The molecule has 3 aliphatic heterocycles. The van der Waals surface area contributed by atoms with Crippen molar-refractivity contribution in [1.29, 1.82) is 2.86 Å². The van der Waals surface area contributed by atoms with Gasteiger partial charge in [-0.15, -0.1) is 0 Å². The van der Waals surface area contributed by atoms with E-state index in [4.69, 9.17) is 61.1 Å². The van der Waals surface area contributed by atoms with Crippen molar-refractivity contribution in [2.75, 3.05) is 14.2 Å². The van der Waals surface area contributed by atoms with Crippen LogP contribution in [0.3, 0.4) is 0 Å². The number of carbonyl (C=O) groups is 3. The summed E-state index contributed by atoms with van der Waals surface area (Å²) in [5.41, 5.74) is 7.10. The molecule has 0 unspecified atom stereocenters. The van der Waals surface area contributed by atoms with Gasteiger partial charge >= 0.3 is 18.0 Å². The molecule has 1 amide bonds. The van der Waals surface area contributed by atoms with E-state index in [1.807, 2.05) is 65.8 Å². The van der Waals surface area contributed by atoms with Crippen LogP contribution in [0.15, 0.2) is 59.4 Å². The van der Waals surface area contributed by atoms with Crippen LogP contribution in [0.25, 0.3) is 0 Å². The van der Waals surface area contributed by atoms with Gasteiger partial charge in [-0.3, -0.25) is 4.79 Å². The number of aliphatic hydroxyl groups is 3. The predicted octanol–water partition coefficient (Wildman–Crippen LogP) is 8.58. The first kappa shape index (κ1) is 58.5. The summed E-state index contributed by atoms with van der Waals surface area (Å²) in [6.07, 6.45) is 4.04. The first-order chi connectivity index (χ1) is 34.0. The maximum atomic E-state index is 14.3. The Hall–Kier alpha value is -3.39. The average molecular weight is 1020 g/mol. The van der Waals surface area contributed by atoms with Gasteiger partial charge in [-0.2, -0.15) is 0 Å². The number of rotatable bonds is 16. The van der Waals surface area contributed by atoms with E-state index in [9.17, 15) is 19.5 Å². The number of esters is 2. The monoisotopic (exact) mass is 1020 g/mol. The number of ether oxygens (including phenoxy) is 8. The zero-order valence-electron chi connectivity index (χ0n) is 47.9. The van der Waals surface area contributed by atoms with Crippen LogP contribution < -0.4 is 5.73 Å². The summed E-state index contributed by atoms with van der Waals surface area (Å²) < 4.78 is 73.6. The second kappa shape index (κ2) is 26.7. The molecule has 17 heteroatoms. The highest BCUT2D eigenvalue weighted by Gasteiger charge is 2.53. The van der Waals surface area contributed by atoms with Gasteiger partial charge < -0.3 is 63.4 Å². The zero-order chi connectivity index (χ0) is 55.3. The molecule has 406 valence electrons. The lowest BCUT2D eigenvalue weighted by Crippen LogP contribution is -2.60. The Morgan fingerprint density at radius 1 is 1.08 bits per heavy atom. The summed E-state index contributed by atoms with van der Waals surface area (Å²) >= 11 is 0.